The summed E-state index contributed by atoms with van der Waals surface area (Å²) in [5.41, 5.74) is 9.68. The van der Waals surface area contributed by atoms with Crippen LogP contribution in [0, 0.1) is 0 Å². The van der Waals surface area contributed by atoms with E-state index < -0.39 is 5.97 Å². The maximum atomic E-state index is 12.7. The van der Waals surface area contributed by atoms with E-state index in [1.165, 1.54) is 41.9 Å². The molecule has 248 valence electrons. The van der Waals surface area contributed by atoms with Gasteiger partial charge in [-0.2, -0.15) is 0 Å². The monoisotopic (exact) mass is 682 g/mol. The van der Waals surface area contributed by atoms with Crippen molar-refractivity contribution in [3.8, 4) is 0 Å². The summed E-state index contributed by atoms with van der Waals surface area (Å²) in [5, 5.41) is 9.70. The summed E-state index contributed by atoms with van der Waals surface area (Å²) in [6.07, 6.45) is 1.66. The van der Waals surface area contributed by atoms with Crippen LogP contribution in [0.4, 0.5) is 10.0 Å². The van der Waals surface area contributed by atoms with E-state index in [0.717, 1.165) is 33.7 Å². The second-order valence-corrected chi connectivity index (χ2v) is 12.8. The van der Waals surface area contributed by atoms with E-state index in [9.17, 15) is 19.2 Å². The maximum Gasteiger partial charge on any atom is 0.337 e. The minimum absolute atomic E-state index is 0.104. The Labute approximate surface area is 288 Å². The lowest BCUT2D eigenvalue weighted by Gasteiger charge is -2.08. The first-order valence-corrected chi connectivity index (χ1v) is 17.0. The van der Waals surface area contributed by atoms with Gasteiger partial charge in [-0.3, -0.25) is 14.4 Å². The number of carbonyl (C=O) groups excluding carboxylic acids is 4. The molecule has 2 aromatic heterocycles. The number of aryl methyl sites for hydroxylation is 2. The number of methoxy groups -OCH3 is 1. The first-order chi connectivity index (χ1) is 23.2. The molecule has 2 heterocycles. The summed E-state index contributed by atoms with van der Waals surface area (Å²) < 4.78 is 4.66. The summed E-state index contributed by atoms with van der Waals surface area (Å²) in [4.78, 5) is 51.1. The van der Waals surface area contributed by atoms with Crippen LogP contribution in [0.25, 0.3) is 0 Å². The third-order valence-corrected chi connectivity index (χ3v) is 9.47. The predicted molar refractivity (Wildman–Crippen MR) is 193 cm³/mol. The Kier molecular flexibility index (Phi) is 13.1. The third-order valence-electron chi connectivity index (χ3n) is 7.17. The number of nitrogens with one attached hydrogen (secondary N) is 3. The van der Waals surface area contributed by atoms with Crippen LogP contribution < -0.4 is 21.7 Å². The highest BCUT2D eigenvalue weighted by atomic mass is 32.1. The molecule has 0 spiro atoms. The number of rotatable bonds is 11. The molecular weight excluding hydrogens is 645 g/mol. The molecule has 5 rings (SSSR count). The maximum absolute atomic E-state index is 12.7. The van der Waals surface area contributed by atoms with Gasteiger partial charge in [-0.1, -0.05) is 74.5 Å². The second-order valence-electron chi connectivity index (χ2n) is 10.5. The highest BCUT2D eigenvalue weighted by Gasteiger charge is 2.19. The number of ether oxygens (including phenoxy) is 1. The molecule has 0 fully saturated rings. The summed E-state index contributed by atoms with van der Waals surface area (Å²) in [6, 6.07) is 29.3. The van der Waals surface area contributed by atoms with Crippen molar-refractivity contribution in [3.63, 3.8) is 0 Å². The zero-order valence-corrected chi connectivity index (χ0v) is 28.6. The standard InChI is InChI=1S/C23H22N2O4S.C14H16N2OS/c1-3-18-13-19(21(27)24-14-15-7-5-4-6-8-15)22(30-18)25-20(26)16-9-11-17(12-10-16)23(28)29-2;1-2-11-8-12(13(15)18-11)14(17)16-9-10-6-4-3-5-7-10/h4-13H,3,14H2,1-2H3,(H,24,27)(H,25,26);3-8H,2,9,15H2,1H3,(H,16,17). The summed E-state index contributed by atoms with van der Waals surface area (Å²) >= 11 is 2.86. The van der Waals surface area contributed by atoms with Crippen molar-refractivity contribution >= 4 is 56.4 Å². The van der Waals surface area contributed by atoms with E-state index in [1.54, 1.807) is 18.2 Å². The van der Waals surface area contributed by atoms with Crippen LogP contribution in [0.15, 0.2) is 97.1 Å². The van der Waals surface area contributed by atoms with Gasteiger partial charge in [-0.25, -0.2) is 4.79 Å². The fourth-order valence-electron chi connectivity index (χ4n) is 4.48. The number of anilines is 2. The molecule has 9 nitrogen and oxygen atoms in total. The second kappa shape index (κ2) is 17.6. The van der Waals surface area contributed by atoms with Crippen molar-refractivity contribution in [2.75, 3.05) is 18.2 Å². The molecule has 3 aromatic carbocycles. The average molecular weight is 683 g/mol. The number of hydrogen-bond acceptors (Lipinski definition) is 8. The lowest BCUT2D eigenvalue weighted by molar-refractivity contribution is 0.0600. The predicted octanol–water partition coefficient (Wildman–Crippen LogP) is 7.10. The van der Waals surface area contributed by atoms with Gasteiger partial charge in [0.1, 0.15) is 5.00 Å². The molecule has 5 N–H and O–H groups in total. The highest BCUT2D eigenvalue weighted by Crippen LogP contribution is 2.29. The molecule has 0 bridgehead atoms. The van der Waals surface area contributed by atoms with Crippen molar-refractivity contribution in [3.05, 3.63) is 140 Å². The molecule has 0 unspecified atom stereocenters. The van der Waals surface area contributed by atoms with Crippen LogP contribution >= 0.6 is 22.7 Å². The van der Waals surface area contributed by atoms with E-state index in [1.807, 2.05) is 73.7 Å². The summed E-state index contributed by atoms with van der Waals surface area (Å²) in [6.45, 7) is 4.97. The topological polar surface area (TPSA) is 140 Å². The molecule has 0 atom stereocenters. The Hall–Kier alpha value is -5.26. The Morgan fingerprint density at radius 1 is 0.646 bits per heavy atom. The minimum Gasteiger partial charge on any atom is -0.465 e. The molecular formula is C37H38N4O5S2. The largest absolute Gasteiger partial charge is 0.465 e. The quantitative estimate of drug-likeness (QED) is 0.110. The van der Waals surface area contributed by atoms with Gasteiger partial charge in [0, 0.05) is 28.4 Å². The van der Waals surface area contributed by atoms with Gasteiger partial charge in [0.05, 0.1) is 28.8 Å². The van der Waals surface area contributed by atoms with Crippen LogP contribution in [0.2, 0.25) is 0 Å². The molecule has 0 aliphatic rings. The van der Waals surface area contributed by atoms with Crippen molar-refractivity contribution in [1.29, 1.82) is 0 Å². The molecule has 0 aliphatic carbocycles. The number of amides is 3. The molecule has 48 heavy (non-hydrogen) atoms. The smallest absolute Gasteiger partial charge is 0.337 e. The van der Waals surface area contributed by atoms with E-state index in [2.05, 4.69) is 27.6 Å². The summed E-state index contributed by atoms with van der Waals surface area (Å²) in [5.74, 6) is -1.17. The van der Waals surface area contributed by atoms with Gasteiger partial charge in [-0.05, 0) is 60.4 Å². The van der Waals surface area contributed by atoms with Gasteiger partial charge < -0.3 is 26.4 Å². The van der Waals surface area contributed by atoms with Crippen LogP contribution in [0.5, 0.6) is 0 Å². The fraction of sp³-hybridized carbons (Fsp3) is 0.189. The van der Waals surface area contributed by atoms with Crippen LogP contribution in [0.3, 0.4) is 0 Å². The lowest BCUT2D eigenvalue weighted by atomic mass is 10.1. The van der Waals surface area contributed by atoms with Gasteiger partial charge in [0.2, 0.25) is 0 Å². The van der Waals surface area contributed by atoms with Crippen LogP contribution in [-0.4, -0.2) is 30.8 Å². The number of nitrogen functional groups attached to an aromatic ring is 1. The zero-order valence-electron chi connectivity index (χ0n) is 27.0. The molecule has 0 radical (unpaired) electrons. The normalized spacial score (nSPS) is 10.3. The number of hydrogen-bond donors (Lipinski definition) is 4. The van der Waals surface area contributed by atoms with E-state index >= 15 is 0 Å². The molecule has 5 aromatic rings. The van der Waals surface area contributed by atoms with Crippen LogP contribution in [-0.2, 0) is 30.7 Å². The van der Waals surface area contributed by atoms with Crippen molar-refractivity contribution in [2.24, 2.45) is 0 Å². The number of nitrogens with two attached hydrogens (primary N) is 1. The SMILES string of the molecule is CCc1cc(C(=O)NCc2ccccc2)c(N)s1.CCc1cc(C(=O)NCc2ccccc2)c(NC(=O)c2ccc(C(=O)OC)cc2)s1. The molecule has 0 saturated heterocycles. The van der Waals surface area contributed by atoms with E-state index in [-0.39, 0.29) is 17.7 Å². The Morgan fingerprint density at radius 3 is 1.62 bits per heavy atom. The van der Waals surface area contributed by atoms with Gasteiger partial charge in [-0.15, -0.1) is 22.7 Å². The Morgan fingerprint density at radius 2 is 1.12 bits per heavy atom. The number of benzene rings is 3. The van der Waals surface area contributed by atoms with Crippen molar-refractivity contribution < 1.29 is 23.9 Å². The van der Waals surface area contributed by atoms with Crippen molar-refractivity contribution in [1.82, 2.24) is 10.6 Å². The number of carbonyl (C=O) groups is 4. The number of esters is 1. The van der Waals surface area contributed by atoms with Gasteiger partial charge >= 0.3 is 5.97 Å². The third kappa shape index (κ3) is 9.87. The van der Waals surface area contributed by atoms with Crippen LogP contribution in [0.1, 0.15) is 76.2 Å². The fourth-order valence-corrected chi connectivity index (χ4v) is 6.34. The van der Waals surface area contributed by atoms with E-state index in [4.69, 9.17) is 5.73 Å². The lowest BCUT2D eigenvalue weighted by Crippen LogP contribution is -2.24. The zero-order chi connectivity index (χ0) is 34.5. The van der Waals surface area contributed by atoms with Crippen molar-refractivity contribution in [2.45, 2.75) is 39.8 Å². The van der Waals surface area contributed by atoms with Gasteiger partial charge in [0.25, 0.3) is 17.7 Å². The first kappa shape index (κ1) is 35.6. The molecule has 0 aliphatic heterocycles. The van der Waals surface area contributed by atoms with E-state index in [0.29, 0.717) is 45.3 Å². The average Bonchev–Trinajstić information content (AvgIpc) is 3.73. The summed E-state index contributed by atoms with van der Waals surface area (Å²) in [7, 11) is 1.30. The highest BCUT2D eigenvalue weighted by molar-refractivity contribution is 7.17. The molecule has 3 amide bonds. The molecule has 11 heteroatoms. The number of thiophene rings is 2. The van der Waals surface area contributed by atoms with Gasteiger partial charge in [0.15, 0.2) is 0 Å². The molecule has 0 saturated carbocycles. The Balaban J connectivity index is 0.000000246. The minimum atomic E-state index is -0.467. The first-order valence-electron chi connectivity index (χ1n) is 15.4. The Bertz CT molecular complexity index is 1830.